The fourth-order valence-electron chi connectivity index (χ4n) is 3.19. The molecule has 2 N–H and O–H groups in total. The number of nitrogens with zero attached hydrogens (tertiary/aromatic N) is 2. The van der Waals surface area contributed by atoms with Gasteiger partial charge in [-0.1, -0.05) is 35.9 Å². The number of ether oxygens (including phenoxy) is 1. The van der Waals surface area contributed by atoms with E-state index < -0.39 is 18.0 Å². The van der Waals surface area contributed by atoms with Crippen LogP contribution in [0.3, 0.4) is 0 Å². The summed E-state index contributed by atoms with van der Waals surface area (Å²) in [6.45, 7) is 6.97. The number of aryl methyl sites for hydroxylation is 4. The molecule has 0 spiro atoms. The number of rotatable bonds is 9. The second kappa shape index (κ2) is 11.2. The zero-order valence-electron chi connectivity index (χ0n) is 19.7. The minimum atomic E-state index is -1.05. The molecule has 2 amide bonds. The van der Waals surface area contributed by atoms with Crippen LogP contribution in [0.1, 0.15) is 35.9 Å². The van der Waals surface area contributed by atoms with E-state index >= 15 is 0 Å². The summed E-state index contributed by atoms with van der Waals surface area (Å²) in [6, 6.07) is 13.3. The predicted molar refractivity (Wildman–Crippen MR) is 126 cm³/mol. The van der Waals surface area contributed by atoms with Crippen LogP contribution >= 0.6 is 0 Å². The second-order valence-corrected chi connectivity index (χ2v) is 8.03. The second-order valence-electron chi connectivity index (χ2n) is 8.03. The van der Waals surface area contributed by atoms with Crippen LogP contribution in [0.5, 0.6) is 0 Å². The van der Waals surface area contributed by atoms with Gasteiger partial charge >= 0.3 is 5.97 Å². The first-order valence-corrected chi connectivity index (χ1v) is 11.0. The van der Waals surface area contributed by atoms with Crippen molar-refractivity contribution in [3.63, 3.8) is 0 Å². The molecular weight excluding hydrogens is 436 g/mol. The summed E-state index contributed by atoms with van der Waals surface area (Å²) in [6.07, 6.45) is -0.893. The molecule has 0 aliphatic rings. The third-order valence-corrected chi connectivity index (χ3v) is 5.15. The molecule has 0 saturated heterocycles. The number of carbonyl (C=O) groups is 3. The van der Waals surface area contributed by atoms with Crippen molar-refractivity contribution < 1.29 is 23.5 Å². The predicted octanol–water partition coefficient (Wildman–Crippen LogP) is 3.28. The van der Waals surface area contributed by atoms with Crippen molar-refractivity contribution in [2.45, 2.75) is 46.6 Å². The topological polar surface area (TPSA) is 123 Å². The Morgan fingerprint density at radius 1 is 1.00 bits per heavy atom. The van der Waals surface area contributed by atoms with Crippen LogP contribution in [0, 0.1) is 20.8 Å². The molecule has 0 bridgehead atoms. The highest BCUT2D eigenvalue weighted by Crippen LogP contribution is 2.20. The average Bonchev–Trinajstić information content (AvgIpc) is 3.28. The average molecular weight is 465 g/mol. The maximum atomic E-state index is 12.2. The lowest BCUT2D eigenvalue weighted by molar-refractivity contribution is -0.154. The van der Waals surface area contributed by atoms with Crippen molar-refractivity contribution in [2.24, 2.45) is 0 Å². The Labute approximate surface area is 197 Å². The number of esters is 1. The molecule has 34 heavy (non-hydrogen) atoms. The van der Waals surface area contributed by atoms with Crippen LogP contribution in [-0.4, -0.2) is 40.6 Å². The largest absolute Gasteiger partial charge is 0.453 e. The molecular formula is C25H28N4O5. The van der Waals surface area contributed by atoms with Crippen LogP contribution in [0.2, 0.25) is 0 Å². The minimum absolute atomic E-state index is 0.0276. The van der Waals surface area contributed by atoms with Gasteiger partial charge in [-0.25, -0.2) is 0 Å². The van der Waals surface area contributed by atoms with Gasteiger partial charge in [-0.3, -0.25) is 14.4 Å². The Morgan fingerprint density at radius 3 is 2.35 bits per heavy atom. The summed E-state index contributed by atoms with van der Waals surface area (Å²) < 4.78 is 10.7. The molecule has 0 aliphatic carbocycles. The van der Waals surface area contributed by atoms with Gasteiger partial charge in [-0.05, 0) is 51.0 Å². The molecule has 9 heteroatoms. The van der Waals surface area contributed by atoms with E-state index in [1.54, 1.807) is 0 Å². The van der Waals surface area contributed by atoms with Crippen molar-refractivity contribution in [1.29, 1.82) is 0 Å². The van der Waals surface area contributed by atoms with E-state index in [0.29, 0.717) is 17.5 Å². The summed E-state index contributed by atoms with van der Waals surface area (Å²) in [5.41, 5.74) is 4.47. The highest BCUT2D eigenvalue weighted by Gasteiger charge is 2.19. The fraction of sp³-hybridized carbons (Fsp3) is 0.320. The summed E-state index contributed by atoms with van der Waals surface area (Å²) >= 11 is 0. The SMILES string of the molecule is Cc1ccc(-c2nnc(CCC(=O)OC(C)C(=O)NCC(=O)Nc3c(C)cccc3C)o2)cc1. The molecule has 1 unspecified atom stereocenters. The summed E-state index contributed by atoms with van der Waals surface area (Å²) in [5.74, 6) is -0.852. The molecule has 1 aromatic heterocycles. The number of hydrogen-bond donors (Lipinski definition) is 2. The highest BCUT2D eigenvalue weighted by atomic mass is 16.5. The normalized spacial score (nSPS) is 11.5. The summed E-state index contributed by atoms with van der Waals surface area (Å²) in [5, 5.41) is 13.2. The van der Waals surface area contributed by atoms with Gasteiger partial charge in [0.2, 0.25) is 17.7 Å². The Balaban J connectivity index is 1.41. The van der Waals surface area contributed by atoms with Crippen LogP contribution in [0.15, 0.2) is 46.9 Å². The molecule has 9 nitrogen and oxygen atoms in total. The maximum absolute atomic E-state index is 12.2. The molecule has 0 saturated carbocycles. The van der Waals surface area contributed by atoms with Crippen molar-refractivity contribution in [3.8, 4) is 11.5 Å². The van der Waals surface area contributed by atoms with E-state index in [0.717, 1.165) is 22.3 Å². The van der Waals surface area contributed by atoms with E-state index in [1.165, 1.54) is 6.92 Å². The molecule has 0 radical (unpaired) electrons. The standard InChI is InChI=1S/C25H28N4O5/c1-15-8-10-19(11-9-15)25-29-28-21(34-25)12-13-22(31)33-18(4)24(32)26-14-20(30)27-23-16(2)6-5-7-17(23)3/h5-11,18H,12-14H2,1-4H3,(H,26,32)(H,27,30). The zero-order valence-corrected chi connectivity index (χ0v) is 19.7. The molecule has 0 fully saturated rings. The smallest absolute Gasteiger partial charge is 0.307 e. The lowest BCUT2D eigenvalue weighted by atomic mass is 10.1. The van der Waals surface area contributed by atoms with Crippen molar-refractivity contribution >= 4 is 23.5 Å². The lowest BCUT2D eigenvalue weighted by Gasteiger charge is -2.14. The number of nitrogens with one attached hydrogen (secondary N) is 2. The number of benzene rings is 2. The van der Waals surface area contributed by atoms with E-state index in [4.69, 9.17) is 9.15 Å². The summed E-state index contributed by atoms with van der Waals surface area (Å²) in [7, 11) is 0. The maximum Gasteiger partial charge on any atom is 0.307 e. The van der Waals surface area contributed by atoms with Gasteiger partial charge in [-0.15, -0.1) is 10.2 Å². The summed E-state index contributed by atoms with van der Waals surface area (Å²) in [4.78, 5) is 36.5. The third-order valence-electron chi connectivity index (χ3n) is 5.15. The van der Waals surface area contributed by atoms with Crippen LogP contribution < -0.4 is 10.6 Å². The molecule has 1 atom stereocenters. The van der Waals surface area contributed by atoms with Gasteiger partial charge in [0.1, 0.15) is 0 Å². The Hall–Kier alpha value is -4.01. The third kappa shape index (κ3) is 6.74. The number of anilines is 1. The van der Waals surface area contributed by atoms with Gasteiger partial charge in [0.25, 0.3) is 5.91 Å². The van der Waals surface area contributed by atoms with Crippen LogP contribution in [-0.2, 0) is 25.5 Å². The number of para-hydroxylation sites is 1. The van der Waals surface area contributed by atoms with E-state index in [9.17, 15) is 14.4 Å². The van der Waals surface area contributed by atoms with Crippen molar-refractivity contribution in [3.05, 3.63) is 65.0 Å². The molecule has 2 aromatic carbocycles. The van der Waals surface area contributed by atoms with Crippen LogP contribution in [0.4, 0.5) is 5.69 Å². The monoisotopic (exact) mass is 464 g/mol. The van der Waals surface area contributed by atoms with Gasteiger partial charge in [-0.2, -0.15) is 0 Å². The minimum Gasteiger partial charge on any atom is -0.453 e. The lowest BCUT2D eigenvalue weighted by Crippen LogP contribution is -2.40. The molecule has 1 heterocycles. The fourth-order valence-corrected chi connectivity index (χ4v) is 3.19. The van der Waals surface area contributed by atoms with Gasteiger partial charge < -0.3 is 19.8 Å². The number of aromatic nitrogens is 2. The highest BCUT2D eigenvalue weighted by molar-refractivity contribution is 5.96. The molecule has 0 aliphatic heterocycles. The molecule has 3 aromatic rings. The Bertz CT molecular complexity index is 1150. The van der Waals surface area contributed by atoms with Crippen LogP contribution in [0.25, 0.3) is 11.5 Å². The van der Waals surface area contributed by atoms with E-state index in [-0.39, 0.29) is 25.3 Å². The van der Waals surface area contributed by atoms with Crippen molar-refractivity contribution in [1.82, 2.24) is 15.5 Å². The van der Waals surface area contributed by atoms with Gasteiger partial charge in [0, 0.05) is 17.7 Å². The van der Waals surface area contributed by atoms with Crippen molar-refractivity contribution in [2.75, 3.05) is 11.9 Å². The zero-order chi connectivity index (χ0) is 24.7. The molecule has 178 valence electrons. The quantitative estimate of drug-likeness (QED) is 0.466. The number of amides is 2. The number of carbonyl (C=O) groups excluding carboxylic acids is 3. The Kier molecular flexibility index (Phi) is 8.13. The Morgan fingerprint density at radius 2 is 1.68 bits per heavy atom. The van der Waals surface area contributed by atoms with E-state index in [1.807, 2.05) is 63.2 Å². The molecule has 3 rings (SSSR count). The number of hydrogen-bond acceptors (Lipinski definition) is 7. The van der Waals surface area contributed by atoms with E-state index in [2.05, 4.69) is 20.8 Å². The first kappa shape index (κ1) is 24.6. The first-order valence-electron chi connectivity index (χ1n) is 11.0. The van der Waals surface area contributed by atoms with Gasteiger partial charge in [0.05, 0.1) is 13.0 Å². The van der Waals surface area contributed by atoms with Gasteiger partial charge in [0.15, 0.2) is 6.10 Å². The first-order chi connectivity index (χ1) is 16.2.